The van der Waals surface area contributed by atoms with Crippen LogP contribution < -0.4 is 14.4 Å². The second-order valence-corrected chi connectivity index (χ2v) is 11.5. The molecular weight excluding hydrogens is 527 g/mol. The van der Waals surface area contributed by atoms with E-state index in [2.05, 4.69) is 4.98 Å². The number of aromatic nitrogens is 1. The predicted molar refractivity (Wildman–Crippen MR) is 153 cm³/mol. The number of fused-ring (bicyclic) bond motifs is 2. The highest BCUT2D eigenvalue weighted by atomic mass is 19.1. The van der Waals surface area contributed by atoms with E-state index in [0.29, 0.717) is 65.2 Å². The van der Waals surface area contributed by atoms with Gasteiger partial charge in [0.05, 0.1) is 31.1 Å². The van der Waals surface area contributed by atoms with Gasteiger partial charge in [-0.2, -0.15) is 0 Å². The molecule has 2 aliphatic rings. The van der Waals surface area contributed by atoms with E-state index in [0.717, 1.165) is 23.1 Å². The van der Waals surface area contributed by atoms with Crippen LogP contribution in [-0.2, 0) is 22.4 Å². The summed E-state index contributed by atoms with van der Waals surface area (Å²) in [5.74, 6) is -1.16. The normalized spacial score (nSPS) is 15.1. The molecule has 0 fully saturated rings. The fourth-order valence-electron chi connectivity index (χ4n) is 5.86. The Morgan fingerprint density at radius 1 is 1.12 bits per heavy atom. The van der Waals surface area contributed by atoms with Gasteiger partial charge in [-0.05, 0) is 99.9 Å². The van der Waals surface area contributed by atoms with E-state index in [-0.39, 0.29) is 11.7 Å². The van der Waals surface area contributed by atoms with Crippen LogP contribution in [0.25, 0.3) is 11.1 Å². The quantitative estimate of drug-likeness (QED) is 0.395. The molecule has 41 heavy (non-hydrogen) atoms. The van der Waals surface area contributed by atoms with Gasteiger partial charge >= 0.3 is 5.97 Å². The highest BCUT2D eigenvalue weighted by Gasteiger charge is 2.37. The number of methoxy groups -OCH3 is 1. The van der Waals surface area contributed by atoms with E-state index in [4.69, 9.17) is 14.2 Å². The largest absolute Gasteiger partial charge is 0.495 e. The lowest BCUT2D eigenvalue weighted by atomic mass is 9.83. The molecule has 0 bridgehead atoms. The molecule has 5 rings (SSSR count). The van der Waals surface area contributed by atoms with Crippen molar-refractivity contribution in [3.63, 3.8) is 0 Å². The van der Waals surface area contributed by atoms with Gasteiger partial charge in [-0.3, -0.25) is 9.78 Å². The number of carbonyl (C=O) groups is 2. The third-order valence-corrected chi connectivity index (χ3v) is 7.64. The van der Waals surface area contributed by atoms with Crippen LogP contribution in [0.5, 0.6) is 11.5 Å². The van der Waals surface area contributed by atoms with Crippen LogP contribution in [0.15, 0.2) is 30.6 Å². The molecule has 1 amide bonds. The molecular formula is C32H35FN2O6. The number of ether oxygens (including phenoxy) is 3. The van der Waals surface area contributed by atoms with Gasteiger partial charge in [-0.25, -0.2) is 9.18 Å². The summed E-state index contributed by atoms with van der Waals surface area (Å²) in [6, 6.07) is 4.91. The molecule has 0 spiro atoms. The summed E-state index contributed by atoms with van der Waals surface area (Å²) in [4.78, 5) is 32.2. The molecule has 216 valence electrons. The smallest absolute Gasteiger partial charge is 0.337 e. The number of aryl methyl sites for hydroxylation is 1. The zero-order valence-electron chi connectivity index (χ0n) is 24.3. The molecule has 8 nitrogen and oxygen atoms in total. The van der Waals surface area contributed by atoms with Gasteiger partial charge < -0.3 is 24.2 Å². The van der Waals surface area contributed by atoms with Crippen molar-refractivity contribution in [2.75, 3.05) is 25.2 Å². The molecule has 9 heteroatoms. The second kappa shape index (κ2) is 10.8. The third-order valence-electron chi connectivity index (χ3n) is 7.64. The summed E-state index contributed by atoms with van der Waals surface area (Å²) in [7, 11) is 1.51. The lowest BCUT2D eigenvalue weighted by molar-refractivity contribution is -0.160. The fourth-order valence-corrected chi connectivity index (χ4v) is 5.86. The Kier molecular flexibility index (Phi) is 7.50. The van der Waals surface area contributed by atoms with Crippen molar-refractivity contribution in [2.24, 2.45) is 0 Å². The minimum absolute atomic E-state index is 0.254. The lowest BCUT2D eigenvalue weighted by Gasteiger charge is -2.30. The number of nitrogens with zero attached hydrogens (tertiary/aromatic N) is 2. The monoisotopic (exact) mass is 562 g/mol. The number of anilines is 1. The Morgan fingerprint density at radius 3 is 2.56 bits per heavy atom. The minimum atomic E-state index is -1.31. The van der Waals surface area contributed by atoms with Crippen LogP contribution in [0.2, 0.25) is 0 Å². The number of rotatable bonds is 6. The Balaban J connectivity index is 1.76. The average Bonchev–Trinajstić information content (AvgIpc) is 3.35. The molecule has 1 unspecified atom stereocenters. The molecule has 0 aliphatic carbocycles. The predicted octanol–water partition coefficient (Wildman–Crippen LogP) is 5.98. The first-order chi connectivity index (χ1) is 19.4. The summed E-state index contributed by atoms with van der Waals surface area (Å²) < 4.78 is 32.6. The summed E-state index contributed by atoms with van der Waals surface area (Å²) in [5.41, 5.74) is 4.92. The van der Waals surface area contributed by atoms with Crippen molar-refractivity contribution in [3.05, 3.63) is 69.8 Å². The minimum Gasteiger partial charge on any atom is -0.495 e. The Labute approximate surface area is 239 Å². The Bertz CT molecular complexity index is 1540. The topological polar surface area (TPSA) is 98.2 Å². The van der Waals surface area contributed by atoms with Crippen molar-refractivity contribution < 1.29 is 33.3 Å². The van der Waals surface area contributed by atoms with Crippen LogP contribution in [-0.4, -0.2) is 47.8 Å². The summed E-state index contributed by atoms with van der Waals surface area (Å²) in [6.45, 7) is 9.95. The molecule has 2 aromatic carbocycles. The second-order valence-electron chi connectivity index (χ2n) is 11.5. The highest BCUT2D eigenvalue weighted by molar-refractivity contribution is 6.08. The van der Waals surface area contributed by atoms with Gasteiger partial charge in [0.15, 0.2) is 17.7 Å². The summed E-state index contributed by atoms with van der Waals surface area (Å²) in [6.07, 6.45) is 3.59. The number of carboxylic acids is 1. The van der Waals surface area contributed by atoms with E-state index < -0.39 is 23.5 Å². The Hall–Kier alpha value is -3.98. The summed E-state index contributed by atoms with van der Waals surface area (Å²) in [5, 5.41) is 10.4. The standard InChI is InChI=1S/C32H35FN2O6/c1-17-12-25-22(9-10-35(25)30(36)19-13-20(39-6)16-34-15-19)27(26(17)29(31(37)38)41-32(3,4)5)23-14-24(33)28-21(18(23)2)8-7-11-40-28/h12-16,29H,7-11H2,1-6H3,(H,37,38). The molecule has 1 atom stereocenters. The molecule has 3 heterocycles. The Morgan fingerprint density at radius 2 is 1.88 bits per heavy atom. The third kappa shape index (κ3) is 5.26. The maximum atomic E-state index is 15.6. The number of carbonyl (C=O) groups excluding carboxylic acids is 1. The van der Waals surface area contributed by atoms with Gasteiger partial charge in [0, 0.05) is 29.6 Å². The van der Waals surface area contributed by atoms with Gasteiger partial charge in [0.2, 0.25) is 0 Å². The average molecular weight is 563 g/mol. The molecule has 3 aromatic rings. The van der Waals surface area contributed by atoms with E-state index in [1.807, 2.05) is 19.9 Å². The lowest BCUT2D eigenvalue weighted by Crippen LogP contribution is -2.30. The molecule has 0 saturated heterocycles. The molecule has 1 aromatic heterocycles. The van der Waals surface area contributed by atoms with Crippen LogP contribution >= 0.6 is 0 Å². The van der Waals surface area contributed by atoms with Gasteiger partial charge in [0.25, 0.3) is 5.91 Å². The van der Waals surface area contributed by atoms with Gasteiger partial charge in [0.1, 0.15) is 5.75 Å². The number of hydrogen-bond donors (Lipinski definition) is 1. The maximum Gasteiger partial charge on any atom is 0.337 e. The van der Waals surface area contributed by atoms with Gasteiger partial charge in [-0.15, -0.1) is 0 Å². The van der Waals surface area contributed by atoms with Crippen LogP contribution in [0, 0.1) is 19.7 Å². The number of amides is 1. The molecule has 0 saturated carbocycles. The number of benzene rings is 2. The van der Waals surface area contributed by atoms with Crippen molar-refractivity contribution >= 4 is 17.6 Å². The van der Waals surface area contributed by atoms with Crippen LogP contribution in [0.4, 0.5) is 10.1 Å². The van der Waals surface area contributed by atoms with E-state index in [1.165, 1.54) is 25.6 Å². The summed E-state index contributed by atoms with van der Waals surface area (Å²) >= 11 is 0. The SMILES string of the molecule is COc1cncc(C(=O)N2CCc3c2cc(C)c(C(OC(C)(C)C)C(=O)O)c3-c2cc(F)c3c(c2C)CCCO3)c1. The van der Waals surface area contributed by atoms with Crippen LogP contribution in [0.1, 0.15) is 71.5 Å². The van der Waals surface area contributed by atoms with Crippen LogP contribution in [0.3, 0.4) is 0 Å². The molecule has 0 radical (unpaired) electrons. The first-order valence-corrected chi connectivity index (χ1v) is 13.7. The highest BCUT2D eigenvalue weighted by Crippen LogP contribution is 2.47. The fraction of sp³-hybridized carbons (Fsp3) is 0.406. The zero-order chi connectivity index (χ0) is 29.6. The molecule has 1 N–H and O–H groups in total. The van der Waals surface area contributed by atoms with E-state index in [9.17, 15) is 14.7 Å². The molecule has 2 aliphatic heterocycles. The number of aliphatic carboxylic acids is 1. The number of hydrogen-bond acceptors (Lipinski definition) is 6. The van der Waals surface area contributed by atoms with E-state index >= 15 is 4.39 Å². The van der Waals surface area contributed by atoms with Crippen molar-refractivity contribution in [3.8, 4) is 22.6 Å². The van der Waals surface area contributed by atoms with Gasteiger partial charge in [-0.1, -0.05) is 0 Å². The first kappa shape index (κ1) is 28.5. The first-order valence-electron chi connectivity index (χ1n) is 13.7. The van der Waals surface area contributed by atoms with Crippen molar-refractivity contribution in [1.82, 2.24) is 4.98 Å². The maximum absolute atomic E-state index is 15.6. The number of carboxylic acid groups (broad SMARTS) is 1. The zero-order valence-corrected chi connectivity index (χ0v) is 24.3. The van der Waals surface area contributed by atoms with E-state index in [1.54, 1.807) is 31.7 Å². The number of pyridine rings is 1. The van der Waals surface area contributed by atoms with Crippen molar-refractivity contribution in [1.29, 1.82) is 0 Å². The number of halogens is 1. The van der Waals surface area contributed by atoms with Crippen molar-refractivity contribution in [2.45, 2.75) is 65.6 Å².